The fraction of sp³-hybridized carbons (Fsp3) is 1.00. The van der Waals surface area contributed by atoms with Crippen molar-refractivity contribution in [3.05, 3.63) is 0 Å². The van der Waals surface area contributed by atoms with Gasteiger partial charge in [0.25, 0.3) is 0 Å². The predicted octanol–water partition coefficient (Wildman–Crippen LogP) is 1.67. The van der Waals surface area contributed by atoms with Crippen LogP contribution in [0.15, 0.2) is 0 Å². The molecule has 2 fully saturated rings. The molecule has 2 aliphatic rings. The van der Waals surface area contributed by atoms with Crippen molar-refractivity contribution in [2.75, 3.05) is 19.6 Å². The molecule has 88 valence electrons. The number of piperidine rings is 1. The van der Waals surface area contributed by atoms with E-state index in [1.807, 2.05) is 0 Å². The van der Waals surface area contributed by atoms with Gasteiger partial charge in [-0.25, -0.2) is 0 Å². The van der Waals surface area contributed by atoms with E-state index in [-0.39, 0.29) is 12.8 Å². The average Bonchev–Trinajstić information content (AvgIpc) is 2.96. The fourth-order valence-electron chi connectivity index (χ4n) is 2.12. The van der Waals surface area contributed by atoms with Crippen LogP contribution in [0.2, 0.25) is 0 Å². The molecule has 2 N–H and O–H groups in total. The molecule has 0 aromatic heterocycles. The molecule has 2 nitrogen and oxygen atoms in total. The van der Waals surface area contributed by atoms with Gasteiger partial charge in [-0.05, 0) is 51.2 Å². The minimum Gasteiger partial charge on any atom is -0.316 e. The first-order valence-corrected chi connectivity index (χ1v) is 5.56. The van der Waals surface area contributed by atoms with E-state index in [1.54, 1.807) is 0 Å². The molecular formula is C10H17F3N2. The van der Waals surface area contributed by atoms with E-state index in [0.717, 1.165) is 25.9 Å². The first kappa shape index (κ1) is 11.2. The SMILES string of the molecule is FC(F)(F)C1(NCC2CCCNC2)CC1. The lowest BCUT2D eigenvalue weighted by Gasteiger charge is -2.27. The van der Waals surface area contributed by atoms with Gasteiger partial charge in [0.1, 0.15) is 5.54 Å². The lowest BCUT2D eigenvalue weighted by Crippen LogP contribution is -2.48. The van der Waals surface area contributed by atoms with E-state index in [2.05, 4.69) is 10.6 Å². The maximum absolute atomic E-state index is 12.6. The van der Waals surface area contributed by atoms with Crippen molar-refractivity contribution in [3.8, 4) is 0 Å². The van der Waals surface area contributed by atoms with E-state index >= 15 is 0 Å². The zero-order valence-corrected chi connectivity index (χ0v) is 8.66. The van der Waals surface area contributed by atoms with E-state index < -0.39 is 11.7 Å². The van der Waals surface area contributed by atoms with Crippen molar-refractivity contribution in [1.82, 2.24) is 10.6 Å². The fourth-order valence-corrected chi connectivity index (χ4v) is 2.12. The third kappa shape index (κ3) is 2.45. The van der Waals surface area contributed by atoms with Crippen molar-refractivity contribution in [2.45, 2.75) is 37.4 Å². The summed E-state index contributed by atoms with van der Waals surface area (Å²) in [6, 6.07) is 0. The Hall–Kier alpha value is -0.290. The second-order valence-electron chi connectivity index (χ2n) is 4.67. The molecule has 1 aliphatic heterocycles. The molecule has 1 atom stereocenters. The van der Waals surface area contributed by atoms with E-state index in [9.17, 15) is 13.2 Å². The first-order valence-electron chi connectivity index (χ1n) is 5.56. The summed E-state index contributed by atoms with van der Waals surface area (Å²) in [5.74, 6) is 0.360. The number of hydrogen-bond acceptors (Lipinski definition) is 2. The summed E-state index contributed by atoms with van der Waals surface area (Å²) < 4.78 is 37.7. The largest absolute Gasteiger partial charge is 0.406 e. The molecule has 1 heterocycles. The van der Waals surface area contributed by atoms with Gasteiger partial charge < -0.3 is 10.6 Å². The van der Waals surface area contributed by atoms with Gasteiger partial charge in [0, 0.05) is 0 Å². The summed E-state index contributed by atoms with van der Waals surface area (Å²) in [5, 5.41) is 5.92. The molecule has 0 spiro atoms. The van der Waals surface area contributed by atoms with E-state index in [0.29, 0.717) is 12.5 Å². The minimum absolute atomic E-state index is 0.247. The third-order valence-corrected chi connectivity index (χ3v) is 3.42. The van der Waals surface area contributed by atoms with Crippen LogP contribution in [0, 0.1) is 5.92 Å². The Morgan fingerprint density at radius 2 is 2.07 bits per heavy atom. The normalized spacial score (nSPS) is 30.2. The van der Waals surface area contributed by atoms with Crippen LogP contribution in [-0.2, 0) is 0 Å². The average molecular weight is 222 g/mol. The van der Waals surface area contributed by atoms with E-state index in [4.69, 9.17) is 0 Å². The molecule has 1 saturated carbocycles. The molecule has 1 aliphatic carbocycles. The molecule has 0 aromatic carbocycles. The lowest BCUT2D eigenvalue weighted by atomic mass is 9.99. The molecule has 5 heteroatoms. The number of hydrogen-bond donors (Lipinski definition) is 2. The molecular weight excluding hydrogens is 205 g/mol. The summed E-state index contributed by atoms with van der Waals surface area (Å²) in [7, 11) is 0. The Morgan fingerprint density at radius 1 is 1.33 bits per heavy atom. The number of nitrogens with one attached hydrogen (secondary N) is 2. The Bertz CT molecular complexity index is 217. The Labute approximate surface area is 87.6 Å². The van der Waals surface area contributed by atoms with Crippen LogP contribution in [0.5, 0.6) is 0 Å². The number of alkyl halides is 3. The van der Waals surface area contributed by atoms with Crippen molar-refractivity contribution in [1.29, 1.82) is 0 Å². The standard InChI is InChI=1S/C10H17F3N2/c11-10(12,13)9(3-4-9)15-7-8-2-1-5-14-6-8/h8,14-15H,1-7H2. The minimum atomic E-state index is -4.07. The molecule has 2 rings (SSSR count). The van der Waals surface area contributed by atoms with Gasteiger partial charge in [0.05, 0.1) is 0 Å². The lowest BCUT2D eigenvalue weighted by molar-refractivity contribution is -0.166. The van der Waals surface area contributed by atoms with Gasteiger partial charge in [0.15, 0.2) is 0 Å². The van der Waals surface area contributed by atoms with Crippen molar-refractivity contribution in [2.24, 2.45) is 5.92 Å². The smallest absolute Gasteiger partial charge is 0.316 e. The van der Waals surface area contributed by atoms with Crippen LogP contribution in [0.4, 0.5) is 13.2 Å². The quantitative estimate of drug-likeness (QED) is 0.759. The topological polar surface area (TPSA) is 24.1 Å². The number of halogens is 3. The highest BCUT2D eigenvalue weighted by Gasteiger charge is 2.63. The summed E-state index contributed by atoms with van der Waals surface area (Å²) in [5.41, 5.74) is -1.54. The van der Waals surface area contributed by atoms with E-state index in [1.165, 1.54) is 0 Å². The van der Waals surface area contributed by atoms with Crippen molar-refractivity contribution in [3.63, 3.8) is 0 Å². The molecule has 1 unspecified atom stereocenters. The first-order chi connectivity index (χ1) is 7.04. The summed E-state index contributed by atoms with van der Waals surface area (Å²) in [4.78, 5) is 0. The highest BCUT2D eigenvalue weighted by molar-refractivity contribution is 5.08. The van der Waals surface area contributed by atoms with Crippen LogP contribution in [0.3, 0.4) is 0 Å². The number of rotatable bonds is 3. The van der Waals surface area contributed by atoms with Crippen LogP contribution >= 0.6 is 0 Å². The maximum Gasteiger partial charge on any atom is 0.406 e. The van der Waals surface area contributed by atoms with Gasteiger partial charge in [0.2, 0.25) is 0 Å². The second-order valence-corrected chi connectivity index (χ2v) is 4.67. The van der Waals surface area contributed by atoms with Gasteiger partial charge in [-0.3, -0.25) is 0 Å². The monoisotopic (exact) mass is 222 g/mol. The van der Waals surface area contributed by atoms with Gasteiger partial charge in [-0.15, -0.1) is 0 Å². The molecule has 0 bridgehead atoms. The Morgan fingerprint density at radius 3 is 2.53 bits per heavy atom. The summed E-state index contributed by atoms with van der Waals surface area (Å²) in [6.07, 6.45) is -1.47. The highest BCUT2D eigenvalue weighted by Crippen LogP contribution is 2.48. The van der Waals surface area contributed by atoms with Gasteiger partial charge in [-0.1, -0.05) is 0 Å². The van der Waals surface area contributed by atoms with Gasteiger partial charge in [-0.2, -0.15) is 13.2 Å². The molecule has 0 radical (unpaired) electrons. The summed E-state index contributed by atoms with van der Waals surface area (Å²) in [6.45, 7) is 2.34. The summed E-state index contributed by atoms with van der Waals surface area (Å²) >= 11 is 0. The van der Waals surface area contributed by atoms with Crippen molar-refractivity contribution >= 4 is 0 Å². The highest BCUT2D eigenvalue weighted by atomic mass is 19.4. The van der Waals surface area contributed by atoms with Crippen molar-refractivity contribution < 1.29 is 13.2 Å². The molecule has 15 heavy (non-hydrogen) atoms. The Kier molecular flexibility index (Phi) is 2.94. The Balaban J connectivity index is 1.77. The van der Waals surface area contributed by atoms with Crippen LogP contribution < -0.4 is 10.6 Å². The molecule has 0 aromatic rings. The predicted molar refractivity (Wildman–Crippen MR) is 51.6 cm³/mol. The van der Waals surface area contributed by atoms with Gasteiger partial charge >= 0.3 is 6.18 Å². The second kappa shape index (κ2) is 3.94. The van der Waals surface area contributed by atoms with Crippen LogP contribution in [0.1, 0.15) is 25.7 Å². The zero-order valence-electron chi connectivity index (χ0n) is 8.66. The third-order valence-electron chi connectivity index (χ3n) is 3.42. The molecule has 1 saturated heterocycles. The maximum atomic E-state index is 12.6. The van der Waals surface area contributed by atoms with Crippen LogP contribution in [0.25, 0.3) is 0 Å². The van der Waals surface area contributed by atoms with Crippen LogP contribution in [-0.4, -0.2) is 31.3 Å². The molecule has 0 amide bonds. The zero-order chi connectivity index (χ0) is 10.9.